The number of Topliss-reactive ketones (excluding diaryl/α,β-unsaturated/α-hetero) is 1. The maximum Gasteiger partial charge on any atom is 0.176 e. The Bertz CT molecular complexity index is 780. The number of carbonyl (C=O) groups is 1. The number of benzene rings is 2. The lowest BCUT2D eigenvalue weighted by Gasteiger charge is -2.13. The van der Waals surface area contributed by atoms with Crippen LogP contribution in [-0.2, 0) is 6.42 Å². The molecule has 1 unspecified atom stereocenters. The molecule has 22 heavy (non-hydrogen) atoms. The van der Waals surface area contributed by atoms with E-state index < -0.39 is 17.8 Å². The minimum absolute atomic E-state index is 0.0907. The van der Waals surface area contributed by atoms with Gasteiger partial charge in [0, 0.05) is 11.6 Å². The van der Waals surface area contributed by atoms with Crippen LogP contribution in [0, 0.1) is 0 Å². The molecule has 1 atom stereocenters. The monoisotopic (exact) mass is 303 g/mol. The normalized spacial score (nSPS) is 14.6. The summed E-state index contributed by atoms with van der Waals surface area (Å²) in [4.78, 5) is 12.1. The zero-order valence-electron chi connectivity index (χ0n) is 16.3. The Labute approximate surface area is 136 Å². The second kappa shape index (κ2) is 7.61. The van der Waals surface area contributed by atoms with Crippen molar-refractivity contribution in [2.45, 2.75) is 25.8 Å². The Morgan fingerprint density at radius 1 is 1.14 bits per heavy atom. The van der Waals surface area contributed by atoms with Gasteiger partial charge in [0.1, 0.15) is 11.5 Å². The maximum atomic E-state index is 12.1. The third-order valence-corrected chi connectivity index (χ3v) is 3.29. The minimum Gasteiger partial charge on any atom is -0.508 e. The van der Waals surface area contributed by atoms with Crippen LogP contribution in [0.25, 0.3) is 0 Å². The molecule has 0 saturated carbocycles. The van der Waals surface area contributed by atoms with E-state index in [0.717, 1.165) is 0 Å². The molecule has 0 aromatic heterocycles. The highest BCUT2D eigenvalue weighted by Gasteiger charge is 2.08. The first-order chi connectivity index (χ1) is 12.2. The molecule has 3 N–H and O–H groups in total. The first-order valence-electron chi connectivity index (χ1n) is 9.06. The highest BCUT2D eigenvalue weighted by Crippen LogP contribution is 2.12. The van der Waals surface area contributed by atoms with Crippen molar-refractivity contribution in [1.29, 1.82) is 0 Å². The van der Waals surface area contributed by atoms with Crippen LogP contribution in [0.15, 0.2) is 48.4 Å². The van der Waals surface area contributed by atoms with Gasteiger partial charge in [-0.2, -0.15) is 0 Å². The highest BCUT2D eigenvalue weighted by molar-refractivity contribution is 5.97. The number of hydrogen-bond donors (Lipinski definition) is 3. The summed E-state index contributed by atoms with van der Waals surface area (Å²) in [5.41, 5.74) is 0.733. The summed E-state index contributed by atoms with van der Waals surface area (Å²) >= 11 is 0. The Kier molecular flexibility index (Phi) is 3.90. The molecule has 0 aliphatic carbocycles. The van der Waals surface area contributed by atoms with Crippen molar-refractivity contribution in [2.75, 3.05) is 6.54 Å². The van der Waals surface area contributed by atoms with Gasteiger partial charge in [0.2, 0.25) is 0 Å². The molecule has 2 aromatic rings. The van der Waals surface area contributed by atoms with Gasteiger partial charge in [0.15, 0.2) is 5.78 Å². The smallest absolute Gasteiger partial charge is 0.176 e. The SMILES string of the molecule is [2H]c1c([2H])c(CCC(C)NCC(=O)c2ccc(O)cc2)c([2H])c([2H])c1O. The molecule has 0 aliphatic heterocycles. The lowest BCUT2D eigenvalue weighted by molar-refractivity contribution is 0.0987. The lowest BCUT2D eigenvalue weighted by atomic mass is 10.1. The average Bonchev–Trinajstić information content (AvgIpc) is 2.63. The molecule has 0 fully saturated rings. The number of phenolic OH excluding ortho intramolecular Hbond substituents is 2. The van der Waals surface area contributed by atoms with Crippen molar-refractivity contribution in [3.8, 4) is 11.5 Å². The number of carbonyl (C=O) groups excluding carboxylic acids is 1. The predicted molar refractivity (Wildman–Crippen MR) is 86.3 cm³/mol. The van der Waals surface area contributed by atoms with E-state index in [-0.39, 0.29) is 48.2 Å². The predicted octanol–water partition coefficient (Wildman–Crippen LogP) is 2.89. The van der Waals surface area contributed by atoms with Crippen LogP contribution in [0.1, 0.15) is 34.7 Å². The quantitative estimate of drug-likeness (QED) is 0.688. The zero-order chi connectivity index (χ0) is 19.4. The van der Waals surface area contributed by atoms with Crippen LogP contribution in [0.5, 0.6) is 11.5 Å². The molecule has 0 heterocycles. The van der Waals surface area contributed by atoms with E-state index in [0.29, 0.717) is 12.0 Å². The number of rotatable bonds is 7. The van der Waals surface area contributed by atoms with E-state index in [1.807, 2.05) is 6.92 Å². The molecule has 0 saturated heterocycles. The average molecular weight is 303 g/mol. The van der Waals surface area contributed by atoms with Gasteiger partial charge in [-0.3, -0.25) is 4.79 Å². The first kappa shape index (κ1) is 11.3. The van der Waals surface area contributed by atoms with Gasteiger partial charge < -0.3 is 15.5 Å². The summed E-state index contributed by atoms with van der Waals surface area (Å²) in [6.45, 7) is 1.97. The van der Waals surface area contributed by atoms with Gasteiger partial charge in [-0.1, -0.05) is 12.1 Å². The van der Waals surface area contributed by atoms with Crippen LogP contribution in [-0.4, -0.2) is 28.6 Å². The van der Waals surface area contributed by atoms with Crippen molar-refractivity contribution < 1.29 is 20.5 Å². The number of nitrogens with one attached hydrogen (secondary N) is 1. The fourth-order valence-corrected chi connectivity index (χ4v) is 1.94. The summed E-state index contributed by atoms with van der Waals surface area (Å²) in [7, 11) is 0. The number of hydrogen-bond acceptors (Lipinski definition) is 4. The zero-order valence-corrected chi connectivity index (χ0v) is 12.3. The van der Waals surface area contributed by atoms with E-state index >= 15 is 0 Å². The van der Waals surface area contributed by atoms with Gasteiger partial charge in [0.25, 0.3) is 0 Å². The van der Waals surface area contributed by atoms with Crippen molar-refractivity contribution in [3.63, 3.8) is 0 Å². The molecule has 0 radical (unpaired) electrons. The molecule has 4 heteroatoms. The number of phenols is 2. The second-order valence-corrected chi connectivity index (χ2v) is 5.12. The van der Waals surface area contributed by atoms with Gasteiger partial charge >= 0.3 is 0 Å². The summed E-state index contributed by atoms with van der Waals surface area (Å²) in [5, 5.41) is 21.9. The fraction of sp³-hybridized carbons (Fsp3) is 0.278. The van der Waals surface area contributed by atoms with Crippen LogP contribution in [0.4, 0.5) is 0 Å². The summed E-state index contributed by atoms with van der Waals surface area (Å²) in [6, 6.07) is 4.54. The van der Waals surface area contributed by atoms with Crippen LogP contribution in [0.2, 0.25) is 0 Å². The Morgan fingerprint density at radius 3 is 2.41 bits per heavy atom. The van der Waals surface area contributed by atoms with E-state index in [1.54, 1.807) is 12.1 Å². The molecule has 116 valence electrons. The molecule has 0 bridgehead atoms. The number of aromatic hydroxyl groups is 2. The molecule has 0 spiro atoms. The van der Waals surface area contributed by atoms with Crippen LogP contribution in [0.3, 0.4) is 0 Å². The number of ketones is 1. The van der Waals surface area contributed by atoms with E-state index in [2.05, 4.69) is 5.32 Å². The summed E-state index contributed by atoms with van der Waals surface area (Å²) in [6.07, 6.45) is 0.793. The molecule has 4 nitrogen and oxygen atoms in total. The molecular formula is C18H21NO3. The lowest BCUT2D eigenvalue weighted by Crippen LogP contribution is -2.31. The van der Waals surface area contributed by atoms with Crippen molar-refractivity contribution in [2.24, 2.45) is 0 Å². The Morgan fingerprint density at radius 2 is 1.77 bits per heavy atom. The van der Waals surface area contributed by atoms with E-state index in [4.69, 9.17) is 5.48 Å². The third-order valence-electron chi connectivity index (χ3n) is 3.29. The Hall–Kier alpha value is -2.33. The van der Waals surface area contributed by atoms with Crippen LogP contribution >= 0.6 is 0 Å². The van der Waals surface area contributed by atoms with Crippen molar-refractivity contribution in [1.82, 2.24) is 5.32 Å². The fourth-order valence-electron chi connectivity index (χ4n) is 1.94. The standard InChI is InChI=1S/C18H21NO3/c1-13(2-3-14-4-8-16(20)9-5-14)19-12-18(22)15-6-10-17(21)11-7-15/h4-11,13,19-21H,2-3,12H2,1H3/i4D,5D,8D,9D. The minimum atomic E-state index is -0.644. The Balaban J connectivity index is 1.94. The van der Waals surface area contributed by atoms with Crippen molar-refractivity contribution in [3.05, 3.63) is 59.6 Å². The second-order valence-electron chi connectivity index (χ2n) is 5.12. The van der Waals surface area contributed by atoms with E-state index in [1.165, 1.54) is 12.1 Å². The first-order valence-corrected chi connectivity index (χ1v) is 7.06. The topological polar surface area (TPSA) is 69.6 Å². The van der Waals surface area contributed by atoms with Gasteiger partial charge in [0.05, 0.1) is 12.0 Å². The summed E-state index contributed by atoms with van der Waals surface area (Å²) < 4.78 is 31.0. The molecule has 0 amide bonds. The van der Waals surface area contributed by atoms with Gasteiger partial charge in [-0.05, 0) is 61.7 Å². The summed E-state index contributed by atoms with van der Waals surface area (Å²) in [5.74, 6) is -0.670. The van der Waals surface area contributed by atoms with Crippen molar-refractivity contribution >= 4 is 5.78 Å². The molecule has 2 aromatic carbocycles. The van der Waals surface area contributed by atoms with Gasteiger partial charge in [-0.15, -0.1) is 0 Å². The van der Waals surface area contributed by atoms with Gasteiger partial charge in [-0.25, -0.2) is 0 Å². The highest BCUT2D eigenvalue weighted by atomic mass is 16.3. The van der Waals surface area contributed by atoms with Crippen LogP contribution < -0.4 is 5.32 Å². The maximum absolute atomic E-state index is 12.1. The molecular weight excluding hydrogens is 278 g/mol. The molecule has 2 rings (SSSR count). The third kappa shape index (κ3) is 4.90. The largest absolute Gasteiger partial charge is 0.508 e. The van der Waals surface area contributed by atoms with E-state index in [9.17, 15) is 15.0 Å². The molecule has 0 aliphatic rings.